The molecular formula is C21H30N4O3. The van der Waals surface area contributed by atoms with Gasteiger partial charge in [0.15, 0.2) is 0 Å². The topological polar surface area (TPSA) is 74.8 Å². The summed E-state index contributed by atoms with van der Waals surface area (Å²) >= 11 is 0. The molecule has 0 bridgehead atoms. The predicted molar refractivity (Wildman–Crippen MR) is 106 cm³/mol. The number of piperidine rings is 1. The van der Waals surface area contributed by atoms with Gasteiger partial charge in [-0.05, 0) is 43.7 Å². The molecule has 1 aromatic heterocycles. The average Bonchev–Trinajstić information content (AvgIpc) is 3.39. The average molecular weight is 386 g/mol. The smallest absolute Gasteiger partial charge is 0.255 e. The summed E-state index contributed by atoms with van der Waals surface area (Å²) in [6.07, 6.45) is 6.38. The standard InChI is InChI=1S/C21H30N4O3/c26-20-2-1-8-25(20)14-16-5-9-24(10-6-16)21(27)18-3-4-19(23-13-18)22-12-17-7-11-28-15-17/h3-4,13,16-17H,1-2,5-12,14-15H2,(H,22,23). The zero-order chi connectivity index (χ0) is 19.3. The van der Waals surface area contributed by atoms with Crippen molar-refractivity contribution in [3.8, 4) is 0 Å². The normalized spacial score (nSPS) is 23.4. The van der Waals surface area contributed by atoms with E-state index in [2.05, 4.69) is 10.3 Å². The molecule has 0 saturated carbocycles. The maximum absolute atomic E-state index is 12.8. The van der Waals surface area contributed by atoms with E-state index in [1.54, 1.807) is 6.20 Å². The number of nitrogens with zero attached hydrogens (tertiary/aromatic N) is 3. The molecule has 1 atom stereocenters. The van der Waals surface area contributed by atoms with Crippen molar-refractivity contribution < 1.29 is 14.3 Å². The molecule has 4 heterocycles. The van der Waals surface area contributed by atoms with E-state index in [1.807, 2.05) is 21.9 Å². The highest BCUT2D eigenvalue weighted by atomic mass is 16.5. The van der Waals surface area contributed by atoms with Gasteiger partial charge in [0, 0.05) is 57.9 Å². The SMILES string of the molecule is O=C1CCCN1CC1CCN(C(=O)c2ccc(NCC3CCOC3)nc2)CC1. The molecule has 0 aliphatic carbocycles. The van der Waals surface area contributed by atoms with Crippen LogP contribution >= 0.6 is 0 Å². The second kappa shape index (κ2) is 8.90. The summed E-state index contributed by atoms with van der Waals surface area (Å²) in [5, 5.41) is 3.33. The molecule has 4 rings (SSSR count). The minimum atomic E-state index is 0.0546. The Labute approximate surface area is 166 Å². The van der Waals surface area contributed by atoms with Crippen molar-refractivity contribution in [1.29, 1.82) is 0 Å². The highest BCUT2D eigenvalue weighted by molar-refractivity contribution is 5.94. The van der Waals surface area contributed by atoms with Gasteiger partial charge in [0.1, 0.15) is 5.82 Å². The second-order valence-corrected chi connectivity index (χ2v) is 8.22. The number of nitrogens with one attached hydrogen (secondary N) is 1. The van der Waals surface area contributed by atoms with Gasteiger partial charge in [0.25, 0.3) is 5.91 Å². The molecule has 1 N–H and O–H groups in total. The summed E-state index contributed by atoms with van der Waals surface area (Å²) in [4.78, 5) is 32.9. The van der Waals surface area contributed by atoms with Gasteiger partial charge in [-0.3, -0.25) is 9.59 Å². The number of hydrogen-bond donors (Lipinski definition) is 1. The molecule has 1 aromatic rings. The van der Waals surface area contributed by atoms with E-state index in [1.165, 1.54) is 0 Å². The van der Waals surface area contributed by atoms with E-state index in [4.69, 9.17) is 4.74 Å². The van der Waals surface area contributed by atoms with E-state index < -0.39 is 0 Å². The van der Waals surface area contributed by atoms with Gasteiger partial charge in [0.2, 0.25) is 5.91 Å². The fraction of sp³-hybridized carbons (Fsp3) is 0.667. The maximum atomic E-state index is 12.8. The third-order valence-electron chi connectivity index (χ3n) is 6.16. The van der Waals surface area contributed by atoms with Gasteiger partial charge >= 0.3 is 0 Å². The van der Waals surface area contributed by atoms with Gasteiger partial charge in [0.05, 0.1) is 12.2 Å². The number of ether oxygens (including phenoxy) is 1. The van der Waals surface area contributed by atoms with Crippen LogP contribution in [0.5, 0.6) is 0 Å². The summed E-state index contributed by atoms with van der Waals surface area (Å²) in [7, 11) is 0. The lowest BCUT2D eigenvalue weighted by atomic mass is 9.96. The minimum Gasteiger partial charge on any atom is -0.381 e. The van der Waals surface area contributed by atoms with Gasteiger partial charge in [-0.15, -0.1) is 0 Å². The van der Waals surface area contributed by atoms with Crippen molar-refractivity contribution in [3.05, 3.63) is 23.9 Å². The van der Waals surface area contributed by atoms with Crippen LogP contribution in [-0.2, 0) is 9.53 Å². The number of pyridine rings is 1. The van der Waals surface area contributed by atoms with Crippen LogP contribution in [0.2, 0.25) is 0 Å². The minimum absolute atomic E-state index is 0.0546. The molecule has 7 heteroatoms. The van der Waals surface area contributed by atoms with Crippen LogP contribution in [-0.4, -0.2) is 72.5 Å². The Morgan fingerprint density at radius 3 is 2.68 bits per heavy atom. The molecule has 3 fully saturated rings. The van der Waals surface area contributed by atoms with Crippen LogP contribution < -0.4 is 5.32 Å². The molecule has 28 heavy (non-hydrogen) atoms. The van der Waals surface area contributed by atoms with Crippen LogP contribution in [0.3, 0.4) is 0 Å². The fourth-order valence-corrected chi connectivity index (χ4v) is 4.33. The first-order valence-electron chi connectivity index (χ1n) is 10.5. The van der Waals surface area contributed by atoms with Crippen LogP contribution in [0.15, 0.2) is 18.3 Å². The molecule has 7 nitrogen and oxygen atoms in total. The highest BCUT2D eigenvalue weighted by Crippen LogP contribution is 2.22. The molecule has 0 aromatic carbocycles. The summed E-state index contributed by atoms with van der Waals surface area (Å²) in [5.41, 5.74) is 0.642. The molecule has 3 aliphatic heterocycles. The molecule has 3 aliphatic rings. The highest BCUT2D eigenvalue weighted by Gasteiger charge is 2.28. The molecule has 0 spiro atoms. The quantitative estimate of drug-likeness (QED) is 0.809. The summed E-state index contributed by atoms with van der Waals surface area (Å²) < 4.78 is 5.38. The zero-order valence-corrected chi connectivity index (χ0v) is 16.4. The zero-order valence-electron chi connectivity index (χ0n) is 16.4. The molecular weight excluding hydrogens is 356 g/mol. The van der Waals surface area contributed by atoms with Crippen molar-refractivity contribution in [2.75, 3.05) is 51.3 Å². The van der Waals surface area contributed by atoms with Crippen molar-refractivity contribution in [1.82, 2.24) is 14.8 Å². The lowest BCUT2D eigenvalue weighted by molar-refractivity contribution is -0.128. The van der Waals surface area contributed by atoms with Crippen molar-refractivity contribution in [2.24, 2.45) is 11.8 Å². The summed E-state index contributed by atoms with van der Waals surface area (Å²) in [6.45, 7) is 5.78. The predicted octanol–water partition coefficient (Wildman–Crippen LogP) is 2.00. The molecule has 2 amide bonds. The van der Waals surface area contributed by atoms with E-state index in [0.717, 1.165) is 77.4 Å². The van der Waals surface area contributed by atoms with Gasteiger partial charge < -0.3 is 19.9 Å². The molecule has 0 radical (unpaired) electrons. The first kappa shape index (κ1) is 19.2. The number of anilines is 1. The first-order valence-corrected chi connectivity index (χ1v) is 10.5. The summed E-state index contributed by atoms with van der Waals surface area (Å²) in [5.74, 6) is 2.20. The largest absolute Gasteiger partial charge is 0.381 e. The van der Waals surface area contributed by atoms with E-state index in [9.17, 15) is 9.59 Å². The third-order valence-corrected chi connectivity index (χ3v) is 6.16. The Balaban J connectivity index is 1.23. The number of hydrogen-bond acceptors (Lipinski definition) is 5. The third kappa shape index (κ3) is 4.63. The van der Waals surface area contributed by atoms with Crippen molar-refractivity contribution in [3.63, 3.8) is 0 Å². The van der Waals surface area contributed by atoms with Gasteiger partial charge in [-0.2, -0.15) is 0 Å². The Kier molecular flexibility index (Phi) is 6.10. The number of likely N-dealkylation sites (tertiary alicyclic amines) is 2. The molecule has 1 unspecified atom stereocenters. The fourth-order valence-electron chi connectivity index (χ4n) is 4.33. The van der Waals surface area contributed by atoms with Gasteiger partial charge in [-0.25, -0.2) is 4.98 Å². The maximum Gasteiger partial charge on any atom is 0.255 e. The second-order valence-electron chi connectivity index (χ2n) is 8.22. The summed E-state index contributed by atoms with van der Waals surface area (Å²) in [6, 6.07) is 3.74. The van der Waals surface area contributed by atoms with E-state index in [-0.39, 0.29) is 5.91 Å². The Bertz CT molecular complexity index is 679. The molecule has 3 saturated heterocycles. The number of aromatic nitrogens is 1. The van der Waals surface area contributed by atoms with E-state index in [0.29, 0.717) is 29.7 Å². The van der Waals surface area contributed by atoms with Crippen LogP contribution in [0, 0.1) is 11.8 Å². The lowest BCUT2D eigenvalue weighted by Gasteiger charge is -2.34. The monoisotopic (exact) mass is 386 g/mol. The number of amides is 2. The number of rotatable bonds is 6. The first-order chi connectivity index (χ1) is 13.7. The van der Waals surface area contributed by atoms with Gasteiger partial charge in [-0.1, -0.05) is 0 Å². The Hall–Kier alpha value is -2.15. The van der Waals surface area contributed by atoms with Crippen LogP contribution in [0.25, 0.3) is 0 Å². The lowest BCUT2D eigenvalue weighted by Crippen LogP contribution is -2.41. The number of carbonyl (C=O) groups is 2. The molecule has 152 valence electrons. The van der Waals surface area contributed by atoms with Crippen molar-refractivity contribution >= 4 is 17.6 Å². The Morgan fingerprint density at radius 2 is 2.04 bits per heavy atom. The van der Waals surface area contributed by atoms with Crippen LogP contribution in [0.4, 0.5) is 5.82 Å². The number of carbonyl (C=O) groups excluding carboxylic acids is 2. The Morgan fingerprint density at radius 1 is 1.18 bits per heavy atom. The van der Waals surface area contributed by atoms with Crippen LogP contribution in [0.1, 0.15) is 42.5 Å². The van der Waals surface area contributed by atoms with E-state index >= 15 is 0 Å². The van der Waals surface area contributed by atoms with Crippen molar-refractivity contribution in [2.45, 2.75) is 32.1 Å².